The summed E-state index contributed by atoms with van der Waals surface area (Å²) in [6.07, 6.45) is 2.90. The Kier molecular flexibility index (Phi) is 6.03. The minimum atomic E-state index is -0.00128. The van der Waals surface area contributed by atoms with E-state index in [2.05, 4.69) is 18.3 Å². The van der Waals surface area contributed by atoms with Gasteiger partial charge < -0.3 is 14.6 Å². The van der Waals surface area contributed by atoms with Gasteiger partial charge in [0, 0.05) is 18.8 Å². The molecule has 112 valence electrons. The van der Waals surface area contributed by atoms with Crippen LogP contribution >= 0.6 is 0 Å². The van der Waals surface area contributed by atoms with Gasteiger partial charge >= 0.3 is 0 Å². The van der Waals surface area contributed by atoms with Gasteiger partial charge in [-0.15, -0.1) is 0 Å². The molecule has 0 aliphatic rings. The molecule has 4 nitrogen and oxygen atoms in total. The van der Waals surface area contributed by atoms with E-state index in [-0.39, 0.29) is 5.56 Å². The molecule has 0 atom stereocenters. The van der Waals surface area contributed by atoms with E-state index in [1.54, 1.807) is 22.9 Å². The van der Waals surface area contributed by atoms with Gasteiger partial charge in [0.2, 0.25) is 0 Å². The molecule has 1 aromatic heterocycles. The van der Waals surface area contributed by atoms with Crippen molar-refractivity contribution in [3.05, 3.63) is 64.6 Å². The zero-order valence-electron chi connectivity index (χ0n) is 12.4. The van der Waals surface area contributed by atoms with Crippen LogP contribution in [0.2, 0.25) is 0 Å². The molecule has 0 aliphatic heterocycles. The molecule has 0 saturated heterocycles. The van der Waals surface area contributed by atoms with E-state index in [1.807, 2.05) is 24.3 Å². The van der Waals surface area contributed by atoms with Crippen molar-refractivity contribution in [2.24, 2.45) is 0 Å². The molecule has 2 rings (SSSR count). The van der Waals surface area contributed by atoms with Gasteiger partial charge in [0.05, 0.1) is 6.54 Å². The molecular weight excluding hydrogens is 264 g/mol. The minimum absolute atomic E-state index is 0.00128. The summed E-state index contributed by atoms with van der Waals surface area (Å²) in [4.78, 5) is 11.6. The van der Waals surface area contributed by atoms with Crippen molar-refractivity contribution in [1.82, 2.24) is 9.88 Å². The summed E-state index contributed by atoms with van der Waals surface area (Å²) in [5.41, 5.74) is 1.21. The Morgan fingerprint density at radius 2 is 2.10 bits per heavy atom. The normalized spacial score (nSPS) is 10.5. The zero-order valence-corrected chi connectivity index (χ0v) is 12.4. The van der Waals surface area contributed by atoms with Crippen molar-refractivity contribution in [3.8, 4) is 5.75 Å². The molecule has 2 aromatic rings. The van der Waals surface area contributed by atoms with E-state index in [0.717, 1.165) is 25.3 Å². The van der Waals surface area contributed by atoms with Crippen LogP contribution in [0.1, 0.15) is 18.9 Å². The summed E-state index contributed by atoms with van der Waals surface area (Å²) < 4.78 is 7.37. The molecule has 0 bridgehead atoms. The number of ether oxygens (including phenoxy) is 1. The molecule has 0 radical (unpaired) electrons. The van der Waals surface area contributed by atoms with Crippen molar-refractivity contribution < 1.29 is 4.74 Å². The summed E-state index contributed by atoms with van der Waals surface area (Å²) in [6, 6.07) is 13.2. The second kappa shape index (κ2) is 8.27. The van der Waals surface area contributed by atoms with Crippen LogP contribution in [0.5, 0.6) is 5.75 Å². The van der Waals surface area contributed by atoms with Gasteiger partial charge in [0.15, 0.2) is 0 Å². The van der Waals surface area contributed by atoms with Crippen LogP contribution in [0.15, 0.2) is 53.5 Å². The van der Waals surface area contributed by atoms with E-state index < -0.39 is 0 Å². The van der Waals surface area contributed by atoms with Crippen LogP contribution in [-0.2, 0) is 13.1 Å². The van der Waals surface area contributed by atoms with Crippen LogP contribution in [0.4, 0.5) is 0 Å². The topological polar surface area (TPSA) is 43.3 Å². The molecule has 4 heteroatoms. The first-order valence-electron chi connectivity index (χ1n) is 7.37. The lowest BCUT2D eigenvalue weighted by atomic mass is 10.2. The highest BCUT2D eigenvalue weighted by molar-refractivity contribution is 5.28. The predicted octanol–water partition coefficient (Wildman–Crippen LogP) is 2.43. The summed E-state index contributed by atoms with van der Waals surface area (Å²) in [6.45, 7) is 5.05. The molecule has 1 N–H and O–H groups in total. The van der Waals surface area contributed by atoms with Gasteiger partial charge in [-0.1, -0.05) is 25.1 Å². The number of pyridine rings is 1. The Balaban J connectivity index is 1.84. The first-order valence-corrected chi connectivity index (χ1v) is 7.37. The third-order valence-electron chi connectivity index (χ3n) is 3.15. The highest BCUT2D eigenvalue weighted by atomic mass is 16.5. The molecule has 1 heterocycles. The molecule has 0 aliphatic carbocycles. The van der Waals surface area contributed by atoms with Gasteiger partial charge in [-0.3, -0.25) is 4.79 Å². The standard InChI is InChI=1S/C17H22N2O2/c1-2-9-18-14-15-6-5-7-16(13-15)21-12-11-19-10-4-3-8-17(19)20/h3-8,10,13,18H,2,9,11-12,14H2,1H3. The van der Waals surface area contributed by atoms with Crippen molar-refractivity contribution in [2.75, 3.05) is 13.2 Å². The second-order valence-electron chi connectivity index (χ2n) is 4.90. The number of rotatable bonds is 8. The van der Waals surface area contributed by atoms with E-state index in [9.17, 15) is 4.79 Å². The smallest absolute Gasteiger partial charge is 0.250 e. The number of nitrogens with one attached hydrogen (secondary N) is 1. The quantitative estimate of drug-likeness (QED) is 0.758. The molecule has 1 aromatic carbocycles. The maximum Gasteiger partial charge on any atom is 0.250 e. The number of aromatic nitrogens is 1. The second-order valence-corrected chi connectivity index (χ2v) is 4.90. The Bertz CT molecular complexity index is 607. The molecule has 0 unspecified atom stereocenters. The van der Waals surface area contributed by atoms with Crippen LogP contribution in [-0.4, -0.2) is 17.7 Å². The fourth-order valence-electron chi connectivity index (χ4n) is 2.06. The third kappa shape index (κ3) is 5.08. The molecule has 0 amide bonds. The highest BCUT2D eigenvalue weighted by Crippen LogP contribution is 2.13. The maximum absolute atomic E-state index is 11.6. The largest absolute Gasteiger partial charge is 0.492 e. The molecular formula is C17H22N2O2. The average Bonchev–Trinajstić information content (AvgIpc) is 2.50. The van der Waals surface area contributed by atoms with Crippen molar-refractivity contribution in [3.63, 3.8) is 0 Å². The van der Waals surface area contributed by atoms with Crippen LogP contribution in [0, 0.1) is 0 Å². The van der Waals surface area contributed by atoms with Gasteiger partial charge in [-0.2, -0.15) is 0 Å². The van der Waals surface area contributed by atoms with Crippen molar-refractivity contribution >= 4 is 0 Å². The van der Waals surface area contributed by atoms with Crippen LogP contribution in [0.3, 0.4) is 0 Å². The van der Waals surface area contributed by atoms with Crippen LogP contribution < -0.4 is 15.6 Å². The fraction of sp³-hybridized carbons (Fsp3) is 0.353. The third-order valence-corrected chi connectivity index (χ3v) is 3.15. The summed E-state index contributed by atoms with van der Waals surface area (Å²) in [5, 5.41) is 3.37. The van der Waals surface area contributed by atoms with E-state index in [0.29, 0.717) is 13.2 Å². The summed E-state index contributed by atoms with van der Waals surface area (Å²) in [5.74, 6) is 0.842. The Hall–Kier alpha value is -2.07. The average molecular weight is 286 g/mol. The van der Waals surface area contributed by atoms with Gasteiger partial charge in [-0.25, -0.2) is 0 Å². The Morgan fingerprint density at radius 3 is 2.90 bits per heavy atom. The Labute approximate surface area is 125 Å². The summed E-state index contributed by atoms with van der Waals surface area (Å²) >= 11 is 0. The first kappa shape index (κ1) is 15.3. The Morgan fingerprint density at radius 1 is 1.19 bits per heavy atom. The van der Waals surface area contributed by atoms with Crippen molar-refractivity contribution in [1.29, 1.82) is 0 Å². The fourth-order valence-corrected chi connectivity index (χ4v) is 2.06. The zero-order chi connectivity index (χ0) is 14.9. The van der Waals surface area contributed by atoms with Gasteiger partial charge in [-0.05, 0) is 36.7 Å². The number of nitrogens with zero attached hydrogens (tertiary/aromatic N) is 1. The SMILES string of the molecule is CCCNCc1cccc(OCCn2ccccc2=O)c1. The van der Waals surface area contributed by atoms with Gasteiger partial charge in [0.25, 0.3) is 5.56 Å². The lowest BCUT2D eigenvalue weighted by molar-refractivity contribution is 0.296. The number of hydrogen-bond donors (Lipinski definition) is 1. The predicted molar refractivity (Wildman–Crippen MR) is 84.6 cm³/mol. The lowest BCUT2D eigenvalue weighted by Crippen LogP contribution is -2.21. The molecule has 21 heavy (non-hydrogen) atoms. The van der Waals surface area contributed by atoms with Gasteiger partial charge in [0.1, 0.15) is 12.4 Å². The first-order chi connectivity index (χ1) is 10.3. The number of hydrogen-bond acceptors (Lipinski definition) is 3. The molecule has 0 spiro atoms. The summed E-state index contributed by atoms with van der Waals surface area (Å²) in [7, 11) is 0. The molecule has 0 saturated carbocycles. The maximum atomic E-state index is 11.6. The van der Waals surface area contributed by atoms with E-state index in [4.69, 9.17) is 4.74 Å². The van der Waals surface area contributed by atoms with Crippen LogP contribution in [0.25, 0.3) is 0 Å². The van der Waals surface area contributed by atoms with E-state index in [1.165, 1.54) is 5.56 Å². The van der Waals surface area contributed by atoms with Crippen molar-refractivity contribution in [2.45, 2.75) is 26.4 Å². The van der Waals surface area contributed by atoms with E-state index >= 15 is 0 Å². The lowest BCUT2D eigenvalue weighted by Gasteiger charge is -2.10. The number of benzene rings is 1. The molecule has 0 fully saturated rings. The minimum Gasteiger partial charge on any atom is -0.492 e. The monoisotopic (exact) mass is 286 g/mol. The highest BCUT2D eigenvalue weighted by Gasteiger charge is 1.98.